The third-order valence-corrected chi connectivity index (χ3v) is 6.70. The van der Waals surface area contributed by atoms with Crippen molar-refractivity contribution in [3.05, 3.63) is 35.4 Å². The number of nitrogens with zero attached hydrogens (tertiary/aromatic N) is 1. The second-order valence-corrected chi connectivity index (χ2v) is 10.2. The summed E-state index contributed by atoms with van der Waals surface area (Å²) in [5.41, 5.74) is 1.79. The highest BCUT2D eigenvalue weighted by atomic mass is 32.2. The lowest BCUT2D eigenvalue weighted by Gasteiger charge is -2.26. The van der Waals surface area contributed by atoms with Crippen molar-refractivity contribution in [3.8, 4) is 0 Å². The van der Waals surface area contributed by atoms with Gasteiger partial charge in [-0.05, 0) is 24.3 Å². The van der Waals surface area contributed by atoms with Gasteiger partial charge in [-0.3, -0.25) is 9.59 Å². The number of hydrogen-bond acceptors (Lipinski definition) is 4. The zero-order valence-corrected chi connectivity index (χ0v) is 16.9. The molecule has 0 spiro atoms. The smallest absolute Gasteiger partial charge is 0.223 e. The third-order valence-electron chi connectivity index (χ3n) is 4.95. The van der Waals surface area contributed by atoms with Crippen LogP contribution in [0.5, 0.6) is 0 Å². The molecule has 0 saturated carbocycles. The minimum atomic E-state index is -3.04. The quantitative estimate of drug-likeness (QED) is 0.713. The maximum atomic E-state index is 12.5. The molecule has 1 aliphatic heterocycles. The molecule has 1 saturated heterocycles. The first kappa shape index (κ1) is 20.6. The van der Waals surface area contributed by atoms with Crippen molar-refractivity contribution >= 4 is 21.5 Å². The van der Waals surface area contributed by atoms with Crippen molar-refractivity contribution in [3.63, 3.8) is 0 Å². The van der Waals surface area contributed by atoms with E-state index < -0.39 is 9.84 Å². The highest BCUT2D eigenvalue weighted by Crippen LogP contribution is 2.23. The lowest BCUT2D eigenvalue weighted by atomic mass is 9.86. The molecule has 1 unspecified atom stereocenters. The zero-order chi connectivity index (χ0) is 19.5. The molecule has 5 nitrogen and oxygen atoms in total. The number of sulfone groups is 1. The van der Waals surface area contributed by atoms with Gasteiger partial charge in [0.05, 0.1) is 11.5 Å². The van der Waals surface area contributed by atoms with E-state index in [0.717, 1.165) is 5.56 Å². The average molecular weight is 380 g/mol. The van der Waals surface area contributed by atoms with Crippen LogP contribution in [-0.4, -0.2) is 49.1 Å². The van der Waals surface area contributed by atoms with E-state index in [0.29, 0.717) is 18.5 Å². The van der Waals surface area contributed by atoms with Crippen LogP contribution in [0.3, 0.4) is 0 Å². The first-order valence-electron chi connectivity index (χ1n) is 9.17. The Morgan fingerprint density at radius 2 is 1.73 bits per heavy atom. The maximum Gasteiger partial charge on any atom is 0.223 e. The molecule has 0 bridgehead atoms. The second-order valence-electron chi connectivity index (χ2n) is 7.99. The van der Waals surface area contributed by atoms with Gasteiger partial charge in [0.2, 0.25) is 5.91 Å². The lowest BCUT2D eigenvalue weighted by molar-refractivity contribution is -0.132. The Morgan fingerprint density at radius 3 is 2.19 bits per heavy atom. The number of amides is 1. The summed E-state index contributed by atoms with van der Waals surface area (Å²) in [7, 11) is -3.04. The molecule has 1 aromatic rings. The van der Waals surface area contributed by atoms with E-state index in [1.807, 2.05) is 31.2 Å². The molecule has 1 heterocycles. The van der Waals surface area contributed by atoms with Crippen molar-refractivity contribution in [1.29, 1.82) is 0 Å². The predicted octanol–water partition coefficient (Wildman–Crippen LogP) is 2.98. The van der Waals surface area contributed by atoms with E-state index in [4.69, 9.17) is 0 Å². The van der Waals surface area contributed by atoms with E-state index >= 15 is 0 Å². The summed E-state index contributed by atoms with van der Waals surface area (Å²) in [5.74, 6) is -0.0295. The van der Waals surface area contributed by atoms with Crippen LogP contribution in [0.4, 0.5) is 0 Å². The predicted molar refractivity (Wildman–Crippen MR) is 103 cm³/mol. The first-order valence-corrected chi connectivity index (χ1v) is 11.0. The number of Topliss-reactive ketones (excluding diaryl/α,β-unsaturated/α-hetero) is 1. The highest BCUT2D eigenvalue weighted by Gasteiger charge is 2.33. The molecule has 1 amide bonds. The molecule has 6 heteroatoms. The molecular formula is C20H29NO4S. The molecular weight excluding hydrogens is 350 g/mol. The van der Waals surface area contributed by atoms with Crippen LogP contribution in [0.15, 0.2) is 24.3 Å². The Labute approximate surface area is 156 Å². The SMILES string of the molecule is CCN(C(=O)CCC(=O)c1ccc(C(C)(C)C)cc1)C1CCS(=O)(=O)C1. The van der Waals surface area contributed by atoms with E-state index in [-0.39, 0.29) is 47.5 Å². The van der Waals surface area contributed by atoms with Crippen LogP contribution < -0.4 is 0 Å². The Balaban J connectivity index is 1.94. The van der Waals surface area contributed by atoms with Crippen LogP contribution in [-0.2, 0) is 20.0 Å². The average Bonchev–Trinajstić information content (AvgIpc) is 2.92. The maximum absolute atomic E-state index is 12.5. The van der Waals surface area contributed by atoms with E-state index in [1.165, 1.54) is 0 Å². The highest BCUT2D eigenvalue weighted by molar-refractivity contribution is 7.91. The third kappa shape index (κ3) is 5.16. The van der Waals surface area contributed by atoms with Gasteiger partial charge < -0.3 is 4.90 Å². The van der Waals surface area contributed by atoms with E-state index in [2.05, 4.69) is 20.8 Å². The number of benzene rings is 1. The molecule has 1 aliphatic rings. The fraction of sp³-hybridized carbons (Fsp3) is 0.600. The molecule has 2 rings (SSSR count). The van der Waals surface area contributed by atoms with Crippen LogP contribution in [0.1, 0.15) is 62.9 Å². The van der Waals surface area contributed by atoms with Crippen molar-refractivity contribution < 1.29 is 18.0 Å². The molecule has 1 fully saturated rings. The van der Waals surface area contributed by atoms with Gasteiger partial charge in [-0.1, -0.05) is 45.0 Å². The first-order chi connectivity index (χ1) is 12.0. The number of carbonyl (C=O) groups excluding carboxylic acids is 2. The molecule has 26 heavy (non-hydrogen) atoms. The van der Waals surface area contributed by atoms with Crippen molar-refractivity contribution in [2.45, 2.75) is 58.4 Å². The fourth-order valence-electron chi connectivity index (χ4n) is 3.32. The Kier molecular flexibility index (Phi) is 6.27. The van der Waals surface area contributed by atoms with Gasteiger partial charge in [-0.15, -0.1) is 0 Å². The molecule has 0 N–H and O–H groups in total. The lowest BCUT2D eigenvalue weighted by Crippen LogP contribution is -2.41. The number of carbonyl (C=O) groups is 2. The summed E-state index contributed by atoms with van der Waals surface area (Å²) in [6.45, 7) is 8.66. The summed E-state index contributed by atoms with van der Waals surface area (Å²) < 4.78 is 23.3. The summed E-state index contributed by atoms with van der Waals surface area (Å²) in [6, 6.07) is 7.29. The number of rotatable bonds is 6. The summed E-state index contributed by atoms with van der Waals surface area (Å²) in [6.07, 6.45) is 0.748. The molecule has 1 aromatic carbocycles. The topological polar surface area (TPSA) is 71.5 Å². The van der Waals surface area contributed by atoms with Crippen LogP contribution in [0.25, 0.3) is 0 Å². The zero-order valence-electron chi connectivity index (χ0n) is 16.1. The van der Waals surface area contributed by atoms with Crippen molar-refractivity contribution in [1.82, 2.24) is 4.90 Å². The number of ketones is 1. The minimum Gasteiger partial charge on any atom is -0.339 e. The Bertz CT molecular complexity index is 760. The van der Waals surface area contributed by atoms with Crippen LogP contribution in [0.2, 0.25) is 0 Å². The summed E-state index contributed by atoms with van der Waals surface area (Å²) in [4.78, 5) is 26.5. The van der Waals surface area contributed by atoms with Gasteiger partial charge in [-0.2, -0.15) is 0 Å². The van der Waals surface area contributed by atoms with Gasteiger partial charge >= 0.3 is 0 Å². The normalized spacial score (nSPS) is 19.3. The van der Waals surface area contributed by atoms with Gasteiger partial charge in [0.25, 0.3) is 0 Å². The van der Waals surface area contributed by atoms with Crippen molar-refractivity contribution in [2.75, 3.05) is 18.1 Å². The Morgan fingerprint density at radius 1 is 1.12 bits per heavy atom. The summed E-state index contributed by atoms with van der Waals surface area (Å²) >= 11 is 0. The van der Waals surface area contributed by atoms with E-state index in [9.17, 15) is 18.0 Å². The largest absolute Gasteiger partial charge is 0.339 e. The second kappa shape index (κ2) is 7.91. The molecule has 144 valence electrons. The van der Waals surface area contributed by atoms with E-state index in [1.54, 1.807) is 4.90 Å². The van der Waals surface area contributed by atoms with Gasteiger partial charge in [-0.25, -0.2) is 8.42 Å². The fourth-order valence-corrected chi connectivity index (χ4v) is 5.05. The van der Waals surface area contributed by atoms with Gasteiger partial charge in [0.1, 0.15) is 0 Å². The molecule has 0 aliphatic carbocycles. The Hall–Kier alpha value is -1.69. The summed E-state index contributed by atoms with van der Waals surface area (Å²) in [5, 5.41) is 0. The van der Waals surface area contributed by atoms with Crippen LogP contribution in [0, 0.1) is 0 Å². The monoisotopic (exact) mass is 379 g/mol. The van der Waals surface area contributed by atoms with Gasteiger partial charge in [0.15, 0.2) is 15.6 Å². The molecule has 0 radical (unpaired) electrons. The standard InChI is InChI=1S/C20H29NO4S/c1-5-21(17-12-13-26(24,25)14-17)19(23)11-10-18(22)15-6-8-16(9-7-15)20(2,3)4/h6-9,17H,5,10-14H2,1-4H3. The van der Waals surface area contributed by atoms with Crippen molar-refractivity contribution in [2.24, 2.45) is 0 Å². The minimum absolute atomic E-state index is 0.0286. The molecule has 0 aromatic heterocycles. The van der Waals surface area contributed by atoms with Gasteiger partial charge in [0, 0.05) is 31.0 Å². The molecule has 1 atom stereocenters. The van der Waals surface area contributed by atoms with Crippen LogP contribution >= 0.6 is 0 Å². The number of hydrogen-bond donors (Lipinski definition) is 0.